The lowest BCUT2D eigenvalue weighted by Gasteiger charge is -2.18. The van der Waals surface area contributed by atoms with Crippen molar-refractivity contribution < 1.29 is 0 Å². The average Bonchev–Trinajstić information content (AvgIpc) is 2.22. The first-order valence-corrected chi connectivity index (χ1v) is 6.08. The monoisotopic (exact) mass is 197 g/mol. The Labute approximate surface area is 89.8 Å². The van der Waals surface area contributed by atoms with E-state index in [-0.39, 0.29) is 0 Å². The molecule has 0 aromatic rings. The zero-order valence-corrected chi connectivity index (χ0v) is 9.97. The Kier molecular flexibility index (Phi) is 9.06. The van der Waals surface area contributed by atoms with Gasteiger partial charge >= 0.3 is 0 Å². The van der Waals surface area contributed by atoms with E-state index in [0.717, 1.165) is 6.54 Å². The van der Waals surface area contributed by atoms with Crippen molar-refractivity contribution in [3.05, 3.63) is 12.7 Å². The predicted molar refractivity (Wildman–Crippen MR) is 65.3 cm³/mol. The Morgan fingerprint density at radius 2 is 1.86 bits per heavy atom. The normalized spacial score (nSPS) is 15.1. The van der Waals surface area contributed by atoms with Crippen molar-refractivity contribution in [1.29, 1.82) is 0 Å². The van der Waals surface area contributed by atoms with Gasteiger partial charge in [-0.05, 0) is 24.8 Å². The van der Waals surface area contributed by atoms with Gasteiger partial charge in [-0.1, -0.05) is 52.0 Å². The maximum absolute atomic E-state index is 5.65. The topological polar surface area (TPSA) is 26.0 Å². The Hall–Kier alpha value is -0.300. The van der Waals surface area contributed by atoms with E-state index >= 15 is 0 Å². The van der Waals surface area contributed by atoms with E-state index in [1.54, 1.807) is 0 Å². The summed E-state index contributed by atoms with van der Waals surface area (Å²) in [6.45, 7) is 9.15. The Morgan fingerprint density at radius 3 is 2.36 bits per heavy atom. The molecular weight excluding hydrogens is 170 g/mol. The van der Waals surface area contributed by atoms with Crippen LogP contribution in [0.15, 0.2) is 12.7 Å². The van der Waals surface area contributed by atoms with Crippen molar-refractivity contribution in [2.45, 2.75) is 52.4 Å². The standard InChI is InChI=1S/C13H27N/c1-4-6-7-8-9-10-13(5-2)12(3)11-14/h5,12-13H,2,4,6-11,14H2,1,3H3. The van der Waals surface area contributed by atoms with Crippen LogP contribution in [0, 0.1) is 11.8 Å². The third-order valence-electron chi connectivity index (χ3n) is 3.05. The molecule has 1 nitrogen and oxygen atoms in total. The molecule has 2 unspecified atom stereocenters. The number of hydrogen-bond acceptors (Lipinski definition) is 1. The summed E-state index contributed by atoms with van der Waals surface area (Å²) in [5.41, 5.74) is 5.65. The number of unbranched alkanes of at least 4 members (excludes halogenated alkanes) is 4. The molecular formula is C13H27N. The fourth-order valence-electron chi connectivity index (χ4n) is 1.79. The summed E-state index contributed by atoms with van der Waals surface area (Å²) in [4.78, 5) is 0. The maximum atomic E-state index is 5.65. The van der Waals surface area contributed by atoms with Gasteiger partial charge in [0.15, 0.2) is 0 Å². The number of allylic oxidation sites excluding steroid dienone is 1. The summed E-state index contributed by atoms with van der Waals surface area (Å²) in [6, 6.07) is 0. The molecule has 0 bridgehead atoms. The third kappa shape index (κ3) is 6.20. The molecule has 0 aliphatic heterocycles. The van der Waals surface area contributed by atoms with Gasteiger partial charge in [-0.2, -0.15) is 0 Å². The predicted octanol–water partition coefficient (Wildman–Crippen LogP) is 3.74. The Bertz CT molecular complexity index is 131. The van der Waals surface area contributed by atoms with E-state index in [1.807, 2.05) is 0 Å². The summed E-state index contributed by atoms with van der Waals surface area (Å²) >= 11 is 0. The van der Waals surface area contributed by atoms with Crippen molar-refractivity contribution >= 4 is 0 Å². The number of rotatable bonds is 9. The minimum atomic E-state index is 0.596. The van der Waals surface area contributed by atoms with Gasteiger partial charge in [-0.15, -0.1) is 6.58 Å². The van der Waals surface area contributed by atoms with Crippen molar-refractivity contribution in [3.8, 4) is 0 Å². The Balaban J connectivity index is 3.47. The highest BCUT2D eigenvalue weighted by atomic mass is 14.5. The van der Waals surface area contributed by atoms with Gasteiger partial charge in [0.1, 0.15) is 0 Å². The molecule has 0 amide bonds. The summed E-state index contributed by atoms with van der Waals surface area (Å²) in [5, 5.41) is 0. The van der Waals surface area contributed by atoms with Gasteiger partial charge in [0.25, 0.3) is 0 Å². The minimum Gasteiger partial charge on any atom is -0.330 e. The number of nitrogens with two attached hydrogens (primary N) is 1. The highest BCUT2D eigenvalue weighted by molar-refractivity contribution is 4.83. The molecule has 2 N–H and O–H groups in total. The molecule has 2 atom stereocenters. The molecule has 0 spiro atoms. The Morgan fingerprint density at radius 1 is 1.21 bits per heavy atom. The van der Waals surface area contributed by atoms with Gasteiger partial charge in [-0.25, -0.2) is 0 Å². The zero-order valence-electron chi connectivity index (χ0n) is 9.97. The fourth-order valence-corrected chi connectivity index (χ4v) is 1.79. The lowest BCUT2D eigenvalue weighted by atomic mass is 9.89. The summed E-state index contributed by atoms with van der Waals surface area (Å²) < 4.78 is 0. The minimum absolute atomic E-state index is 0.596. The third-order valence-corrected chi connectivity index (χ3v) is 3.05. The molecule has 1 heteroatoms. The van der Waals surface area contributed by atoms with E-state index in [0.29, 0.717) is 11.8 Å². The second kappa shape index (κ2) is 9.26. The van der Waals surface area contributed by atoms with E-state index < -0.39 is 0 Å². The van der Waals surface area contributed by atoms with Gasteiger partial charge in [0, 0.05) is 0 Å². The van der Waals surface area contributed by atoms with Crippen LogP contribution in [0.3, 0.4) is 0 Å². The van der Waals surface area contributed by atoms with Crippen LogP contribution in [-0.4, -0.2) is 6.54 Å². The van der Waals surface area contributed by atoms with E-state index in [9.17, 15) is 0 Å². The van der Waals surface area contributed by atoms with Crippen molar-refractivity contribution in [1.82, 2.24) is 0 Å². The first-order chi connectivity index (χ1) is 6.76. The molecule has 14 heavy (non-hydrogen) atoms. The molecule has 0 heterocycles. The molecule has 0 fully saturated rings. The lowest BCUT2D eigenvalue weighted by Crippen LogP contribution is -2.19. The van der Waals surface area contributed by atoms with Crippen LogP contribution in [-0.2, 0) is 0 Å². The first kappa shape index (κ1) is 13.7. The second-order valence-corrected chi connectivity index (χ2v) is 4.32. The lowest BCUT2D eigenvalue weighted by molar-refractivity contribution is 0.395. The highest BCUT2D eigenvalue weighted by Crippen LogP contribution is 2.19. The van der Waals surface area contributed by atoms with E-state index in [4.69, 9.17) is 5.73 Å². The molecule has 0 aliphatic rings. The molecule has 84 valence electrons. The fraction of sp³-hybridized carbons (Fsp3) is 0.846. The van der Waals surface area contributed by atoms with Gasteiger partial charge in [-0.3, -0.25) is 0 Å². The quantitative estimate of drug-likeness (QED) is 0.442. The SMILES string of the molecule is C=CC(CCCCCCC)C(C)CN. The first-order valence-electron chi connectivity index (χ1n) is 6.08. The summed E-state index contributed by atoms with van der Waals surface area (Å²) in [7, 11) is 0. The highest BCUT2D eigenvalue weighted by Gasteiger charge is 2.11. The maximum Gasteiger partial charge on any atom is -0.00459 e. The van der Waals surface area contributed by atoms with Crippen LogP contribution in [0.25, 0.3) is 0 Å². The average molecular weight is 197 g/mol. The molecule has 0 rings (SSSR count). The van der Waals surface area contributed by atoms with Gasteiger partial charge < -0.3 is 5.73 Å². The van der Waals surface area contributed by atoms with Crippen LogP contribution >= 0.6 is 0 Å². The van der Waals surface area contributed by atoms with Crippen LogP contribution in [0.2, 0.25) is 0 Å². The van der Waals surface area contributed by atoms with Crippen molar-refractivity contribution in [3.63, 3.8) is 0 Å². The zero-order chi connectivity index (χ0) is 10.8. The summed E-state index contributed by atoms with van der Waals surface area (Å²) in [6.07, 6.45) is 10.1. The number of hydrogen-bond donors (Lipinski definition) is 1. The molecule has 0 saturated heterocycles. The molecule has 0 aromatic heterocycles. The van der Waals surface area contributed by atoms with Crippen LogP contribution in [0.4, 0.5) is 0 Å². The molecule has 0 saturated carbocycles. The van der Waals surface area contributed by atoms with Gasteiger partial charge in [0.2, 0.25) is 0 Å². The smallest absolute Gasteiger partial charge is 0.00459 e. The molecule has 0 aliphatic carbocycles. The van der Waals surface area contributed by atoms with Crippen molar-refractivity contribution in [2.75, 3.05) is 6.54 Å². The van der Waals surface area contributed by atoms with Crippen LogP contribution in [0.1, 0.15) is 52.4 Å². The molecule has 0 aromatic carbocycles. The van der Waals surface area contributed by atoms with Crippen LogP contribution < -0.4 is 5.73 Å². The van der Waals surface area contributed by atoms with Crippen molar-refractivity contribution in [2.24, 2.45) is 17.6 Å². The van der Waals surface area contributed by atoms with E-state index in [1.165, 1.54) is 38.5 Å². The molecule has 0 radical (unpaired) electrons. The second-order valence-electron chi connectivity index (χ2n) is 4.32. The van der Waals surface area contributed by atoms with E-state index in [2.05, 4.69) is 26.5 Å². The van der Waals surface area contributed by atoms with Gasteiger partial charge in [0.05, 0.1) is 0 Å². The largest absolute Gasteiger partial charge is 0.330 e. The summed E-state index contributed by atoms with van der Waals surface area (Å²) in [5.74, 6) is 1.22. The van der Waals surface area contributed by atoms with Crippen LogP contribution in [0.5, 0.6) is 0 Å².